The van der Waals surface area contributed by atoms with Gasteiger partial charge < -0.3 is 15.2 Å². The fourth-order valence-corrected chi connectivity index (χ4v) is 5.16. The number of aromatic nitrogens is 2. The van der Waals surface area contributed by atoms with Gasteiger partial charge in [-0.05, 0) is 42.8 Å². The molecular weight excluding hydrogens is 481 g/mol. The van der Waals surface area contributed by atoms with Crippen molar-refractivity contribution in [3.63, 3.8) is 0 Å². The fraction of sp³-hybridized carbons (Fsp3) is 0.259. The van der Waals surface area contributed by atoms with Crippen molar-refractivity contribution in [2.75, 3.05) is 25.0 Å². The maximum absolute atomic E-state index is 13.2. The van der Waals surface area contributed by atoms with Crippen LogP contribution in [0.3, 0.4) is 0 Å². The van der Waals surface area contributed by atoms with Crippen LogP contribution >= 0.6 is 23.2 Å². The first kappa shape index (κ1) is 23.8. The third-order valence-corrected chi connectivity index (χ3v) is 7.22. The van der Waals surface area contributed by atoms with Crippen LogP contribution in [0, 0.1) is 0 Å². The second kappa shape index (κ2) is 9.99. The Balaban J connectivity index is 1.39. The Hall–Kier alpha value is -2.90. The average Bonchev–Trinajstić information content (AvgIpc) is 2.85. The van der Waals surface area contributed by atoms with Gasteiger partial charge in [-0.25, -0.2) is 4.98 Å². The topological polar surface area (TPSA) is 62.2 Å². The van der Waals surface area contributed by atoms with E-state index in [-0.39, 0.29) is 5.56 Å². The van der Waals surface area contributed by atoms with E-state index in [0.717, 1.165) is 42.8 Å². The number of piperazine rings is 1. The van der Waals surface area contributed by atoms with Gasteiger partial charge in [0.1, 0.15) is 5.82 Å². The number of halogens is 2. The highest BCUT2D eigenvalue weighted by atomic mass is 35.5. The van der Waals surface area contributed by atoms with Crippen LogP contribution < -0.4 is 16.2 Å². The summed E-state index contributed by atoms with van der Waals surface area (Å²) in [5.74, 6) is 0.666. The van der Waals surface area contributed by atoms with Crippen molar-refractivity contribution < 1.29 is 0 Å². The normalized spacial score (nSPS) is 16.5. The predicted molar refractivity (Wildman–Crippen MR) is 145 cm³/mol. The second-order valence-corrected chi connectivity index (χ2v) is 9.81. The van der Waals surface area contributed by atoms with E-state index in [1.807, 2.05) is 6.07 Å². The summed E-state index contributed by atoms with van der Waals surface area (Å²) < 4.78 is 1.61. The van der Waals surface area contributed by atoms with Gasteiger partial charge in [0.25, 0.3) is 5.56 Å². The van der Waals surface area contributed by atoms with Gasteiger partial charge >= 0.3 is 0 Å². The molecule has 1 unspecified atom stereocenters. The average molecular weight is 508 g/mol. The monoisotopic (exact) mass is 507 g/mol. The molecule has 6 nitrogen and oxygen atoms in total. The van der Waals surface area contributed by atoms with Gasteiger partial charge in [-0.2, -0.15) is 0 Å². The molecule has 180 valence electrons. The molecule has 2 N–H and O–H groups in total. The predicted octanol–water partition coefficient (Wildman–Crippen LogP) is 5.44. The van der Waals surface area contributed by atoms with E-state index in [1.54, 1.807) is 42.1 Å². The first-order valence-corrected chi connectivity index (χ1v) is 12.4. The molecule has 5 rings (SSSR count). The summed E-state index contributed by atoms with van der Waals surface area (Å²) in [7, 11) is 1.74. The molecular formula is C27H27Cl2N5O. The number of nitrogens with one attached hydrogen (secondary N) is 2. The lowest BCUT2D eigenvalue weighted by Gasteiger charge is -2.33. The van der Waals surface area contributed by atoms with Crippen LogP contribution in [-0.2, 0) is 13.6 Å². The van der Waals surface area contributed by atoms with Gasteiger partial charge in [0, 0.05) is 68.2 Å². The first-order valence-electron chi connectivity index (χ1n) is 11.7. The standard InChI is InChI=1S/C27H27Cl2N5O/c1-17-14-30-10-11-34(17)16-18-6-8-20(9-7-18)32-25-13-24-19(15-31-25)12-21(27(35)33(24)2)26-22(28)4-3-5-23(26)29/h3-9,12-13,15,17,30H,10-11,14,16H2,1-2H3,(H,31,32). The van der Waals surface area contributed by atoms with Crippen LogP contribution in [0.25, 0.3) is 22.0 Å². The lowest BCUT2D eigenvalue weighted by Crippen LogP contribution is -2.49. The molecule has 0 saturated carbocycles. The number of hydrogen-bond donors (Lipinski definition) is 2. The Morgan fingerprint density at radius 1 is 1.11 bits per heavy atom. The van der Waals surface area contributed by atoms with Crippen molar-refractivity contribution in [3.05, 3.63) is 86.8 Å². The van der Waals surface area contributed by atoms with E-state index >= 15 is 0 Å². The zero-order valence-electron chi connectivity index (χ0n) is 19.7. The summed E-state index contributed by atoms with van der Waals surface area (Å²) in [4.78, 5) is 20.2. The summed E-state index contributed by atoms with van der Waals surface area (Å²) >= 11 is 12.7. The van der Waals surface area contributed by atoms with Crippen LogP contribution in [0.5, 0.6) is 0 Å². The van der Waals surface area contributed by atoms with Gasteiger partial charge in [0.15, 0.2) is 0 Å². The van der Waals surface area contributed by atoms with Crippen molar-refractivity contribution >= 4 is 45.6 Å². The summed E-state index contributed by atoms with van der Waals surface area (Å²) in [5, 5.41) is 8.49. The molecule has 1 aliphatic heterocycles. The van der Waals surface area contributed by atoms with Crippen LogP contribution in [0.1, 0.15) is 12.5 Å². The summed E-state index contributed by atoms with van der Waals surface area (Å²) in [5.41, 5.74) is 3.81. The highest BCUT2D eigenvalue weighted by molar-refractivity contribution is 6.39. The molecule has 0 bridgehead atoms. The number of benzene rings is 2. The van der Waals surface area contributed by atoms with E-state index in [1.165, 1.54) is 5.56 Å². The molecule has 1 atom stereocenters. The van der Waals surface area contributed by atoms with E-state index in [4.69, 9.17) is 23.2 Å². The summed E-state index contributed by atoms with van der Waals surface area (Å²) in [6.07, 6.45) is 1.76. The molecule has 35 heavy (non-hydrogen) atoms. The minimum Gasteiger partial charge on any atom is -0.340 e. The number of hydrogen-bond acceptors (Lipinski definition) is 5. The van der Waals surface area contributed by atoms with E-state index in [9.17, 15) is 4.79 Å². The lowest BCUT2D eigenvalue weighted by atomic mass is 10.1. The number of nitrogens with zero attached hydrogens (tertiary/aromatic N) is 3. The molecule has 1 saturated heterocycles. The second-order valence-electron chi connectivity index (χ2n) is 8.99. The van der Waals surface area contributed by atoms with Crippen molar-refractivity contribution in [2.24, 2.45) is 7.05 Å². The van der Waals surface area contributed by atoms with E-state index in [0.29, 0.717) is 33.0 Å². The third kappa shape index (κ3) is 4.93. The number of pyridine rings is 2. The molecule has 2 aromatic carbocycles. The lowest BCUT2D eigenvalue weighted by molar-refractivity contribution is 0.165. The van der Waals surface area contributed by atoms with Crippen molar-refractivity contribution in [2.45, 2.75) is 19.5 Å². The Labute approximate surface area is 214 Å². The zero-order chi connectivity index (χ0) is 24.5. The molecule has 8 heteroatoms. The molecule has 3 heterocycles. The molecule has 0 aliphatic carbocycles. The molecule has 4 aromatic rings. The largest absolute Gasteiger partial charge is 0.340 e. The molecule has 0 amide bonds. The van der Waals surface area contributed by atoms with Gasteiger partial charge in [0.2, 0.25) is 0 Å². The van der Waals surface area contributed by atoms with Crippen molar-refractivity contribution in [3.8, 4) is 11.1 Å². The Morgan fingerprint density at radius 3 is 2.57 bits per heavy atom. The third-order valence-electron chi connectivity index (χ3n) is 6.59. The molecule has 1 fully saturated rings. The van der Waals surface area contributed by atoms with Crippen molar-refractivity contribution in [1.82, 2.24) is 19.8 Å². The molecule has 1 aliphatic rings. The van der Waals surface area contributed by atoms with Crippen LogP contribution in [0.2, 0.25) is 10.0 Å². The first-order chi connectivity index (χ1) is 16.9. The Bertz CT molecular complexity index is 1410. The molecule has 0 radical (unpaired) electrons. The van der Waals surface area contributed by atoms with E-state index in [2.05, 4.69) is 51.7 Å². The van der Waals surface area contributed by atoms with Crippen LogP contribution in [0.4, 0.5) is 11.5 Å². The number of aryl methyl sites for hydroxylation is 1. The molecule has 0 spiro atoms. The minimum absolute atomic E-state index is 0.170. The van der Waals surface area contributed by atoms with Gasteiger partial charge in [0.05, 0.1) is 21.1 Å². The fourth-order valence-electron chi connectivity index (χ4n) is 4.56. The smallest absolute Gasteiger partial charge is 0.258 e. The molecule has 2 aromatic heterocycles. The minimum atomic E-state index is -0.170. The maximum Gasteiger partial charge on any atom is 0.258 e. The maximum atomic E-state index is 13.2. The quantitative estimate of drug-likeness (QED) is 0.376. The van der Waals surface area contributed by atoms with Gasteiger partial charge in [-0.15, -0.1) is 0 Å². The zero-order valence-corrected chi connectivity index (χ0v) is 21.2. The van der Waals surface area contributed by atoms with Gasteiger partial charge in [-0.3, -0.25) is 9.69 Å². The number of anilines is 2. The number of fused-ring (bicyclic) bond motifs is 1. The van der Waals surface area contributed by atoms with Crippen molar-refractivity contribution in [1.29, 1.82) is 0 Å². The summed E-state index contributed by atoms with van der Waals surface area (Å²) in [6, 6.07) is 17.9. The highest BCUT2D eigenvalue weighted by Gasteiger charge is 2.18. The number of rotatable bonds is 5. The SMILES string of the molecule is CC1CNCCN1Cc1ccc(Nc2cc3c(cn2)cc(-c2c(Cl)cccc2Cl)c(=O)n3C)cc1. The van der Waals surface area contributed by atoms with E-state index < -0.39 is 0 Å². The van der Waals surface area contributed by atoms with Crippen LogP contribution in [0.15, 0.2) is 65.6 Å². The Morgan fingerprint density at radius 2 is 1.86 bits per heavy atom. The Kier molecular flexibility index (Phi) is 6.80. The summed E-state index contributed by atoms with van der Waals surface area (Å²) in [6.45, 7) is 6.32. The highest BCUT2D eigenvalue weighted by Crippen LogP contribution is 2.34. The van der Waals surface area contributed by atoms with Crippen LogP contribution in [-0.4, -0.2) is 40.1 Å². The van der Waals surface area contributed by atoms with Gasteiger partial charge in [-0.1, -0.05) is 41.4 Å².